The fraction of sp³-hybridized carbons (Fsp3) is 0.214. The van der Waals surface area contributed by atoms with Crippen molar-refractivity contribution in [2.75, 3.05) is 19.1 Å². The van der Waals surface area contributed by atoms with Gasteiger partial charge in [0.15, 0.2) is 0 Å². The van der Waals surface area contributed by atoms with Crippen LogP contribution in [0.3, 0.4) is 0 Å². The summed E-state index contributed by atoms with van der Waals surface area (Å²) < 4.78 is 6.38. The van der Waals surface area contributed by atoms with Gasteiger partial charge in [-0.25, -0.2) is 4.98 Å². The molecule has 0 N–H and O–H groups in total. The third-order valence-electron chi connectivity index (χ3n) is 2.80. The Morgan fingerprint density at radius 1 is 1.17 bits per heavy atom. The van der Waals surface area contributed by atoms with Crippen LogP contribution < -0.4 is 9.64 Å². The zero-order valence-electron chi connectivity index (χ0n) is 10.6. The molecule has 4 heteroatoms. The summed E-state index contributed by atoms with van der Waals surface area (Å²) in [6.07, 6.45) is 0. The molecule has 0 spiro atoms. The van der Waals surface area contributed by atoms with E-state index in [4.69, 9.17) is 4.74 Å². The number of hydrogen-bond acceptors (Lipinski definition) is 3. The first-order valence-electron chi connectivity index (χ1n) is 5.63. The molecular formula is C14H15BrN2O. The summed E-state index contributed by atoms with van der Waals surface area (Å²) in [5.41, 5.74) is 1.96. The molecule has 0 unspecified atom stereocenters. The molecule has 18 heavy (non-hydrogen) atoms. The van der Waals surface area contributed by atoms with Gasteiger partial charge in [-0.2, -0.15) is 0 Å². The number of aromatic nitrogens is 1. The van der Waals surface area contributed by atoms with Crippen molar-refractivity contribution in [3.8, 4) is 5.75 Å². The van der Waals surface area contributed by atoms with Gasteiger partial charge in [0.05, 0.1) is 18.5 Å². The Kier molecular flexibility index (Phi) is 3.87. The van der Waals surface area contributed by atoms with E-state index in [1.807, 2.05) is 55.3 Å². The average molecular weight is 307 g/mol. The van der Waals surface area contributed by atoms with Gasteiger partial charge >= 0.3 is 0 Å². The SMILES string of the molecule is COc1ccccc1N(C)c1ccc(Br)c(C)n1. The van der Waals surface area contributed by atoms with Crippen LogP contribution in [0.15, 0.2) is 40.9 Å². The second kappa shape index (κ2) is 5.40. The first-order chi connectivity index (χ1) is 8.63. The monoisotopic (exact) mass is 306 g/mol. The summed E-state index contributed by atoms with van der Waals surface area (Å²) in [4.78, 5) is 6.56. The van der Waals surface area contributed by atoms with E-state index >= 15 is 0 Å². The highest BCUT2D eigenvalue weighted by Gasteiger charge is 2.11. The van der Waals surface area contributed by atoms with Crippen LogP contribution in [-0.4, -0.2) is 19.1 Å². The van der Waals surface area contributed by atoms with E-state index in [1.54, 1.807) is 7.11 Å². The molecule has 1 aromatic carbocycles. The molecule has 94 valence electrons. The number of rotatable bonds is 3. The average Bonchev–Trinajstić information content (AvgIpc) is 2.41. The molecule has 0 aliphatic heterocycles. The molecule has 3 nitrogen and oxygen atoms in total. The van der Waals surface area contributed by atoms with E-state index in [2.05, 4.69) is 20.9 Å². The zero-order valence-corrected chi connectivity index (χ0v) is 12.2. The van der Waals surface area contributed by atoms with E-state index < -0.39 is 0 Å². The highest BCUT2D eigenvalue weighted by molar-refractivity contribution is 9.10. The van der Waals surface area contributed by atoms with Crippen molar-refractivity contribution in [3.05, 3.63) is 46.6 Å². The number of pyridine rings is 1. The maximum absolute atomic E-state index is 5.36. The molecule has 0 amide bonds. The summed E-state index contributed by atoms with van der Waals surface area (Å²) in [7, 11) is 3.65. The second-order valence-corrected chi connectivity index (χ2v) is 4.82. The summed E-state index contributed by atoms with van der Waals surface area (Å²) >= 11 is 3.46. The van der Waals surface area contributed by atoms with E-state index in [9.17, 15) is 0 Å². The Hall–Kier alpha value is -1.55. The molecule has 0 atom stereocenters. The summed E-state index contributed by atoms with van der Waals surface area (Å²) in [5.74, 6) is 1.72. The number of nitrogens with zero attached hydrogens (tertiary/aromatic N) is 2. The first kappa shape index (κ1) is 12.9. The number of ether oxygens (including phenoxy) is 1. The summed E-state index contributed by atoms with van der Waals surface area (Å²) in [6.45, 7) is 1.98. The van der Waals surface area contributed by atoms with Crippen molar-refractivity contribution in [1.29, 1.82) is 0 Å². The summed E-state index contributed by atoms with van der Waals surface area (Å²) in [5, 5.41) is 0. The van der Waals surface area contributed by atoms with Crippen molar-refractivity contribution in [2.24, 2.45) is 0 Å². The Morgan fingerprint density at radius 3 is 2.56 bits per heavy atom. The van der Waals surface area contributed by atoms with E-state index in [-0.39, 0.29) is 0 Å². The Bertz CT molecular complexity index is 557. The smallest absolute Gasteiger partial charge is 0.142 e. The quantitative estimate of drug-likeness (QED) is 0.859. The molecule has 0 aliphatic rings. The lowest BCUT2D eigenvalue weighted by molar-refractivity contribution is 0.415. The molecule has 2 rings (SSSR count). The van der Waals surface area contributed by atoms with Gasteiger partial charge in [0.25, 0.3) is 0 Å². The van der Waals surface area contributed by atoms with E-state index in [1.165, 1.54) is 0 Å². The fourth-order valence-corrected chi connectivity index (χ4v) is 1.97. The molecule has 0 saturated heterocycles. The molecule has 0 bridgehead atoms. The van der Waals surface area contributed by atoms with E-state index in [0.29, 0.717) is 0 Å². The molecule has 0 saturated carbocycles. The lowest BCUT2D eigenvalue weighted by Crippen LogP contribution is -2.12. The lowest BCUT2D eigenvalue weighted by Gasteiger charge is -2.21. The van der Waals surface area contributed by atoms with Crippen LogP contribution >= 0.6 is 15.9 Å². The minimum Gasteiger partial charge on any atom is -0.495 e. The number of benzene rings is 1. The van der Waals surface area contributed by atoms with Crippen LogP contribution in [0.1, 0.15) is 5.69 Å². The Morgan fingerprint density at radius 2 is 1.89 bits per heavy atom. The molecule has 1 heterocycles. The second-order valence-electron chi connectivity index (χ2n) is 3.97. The van der Waals surface area contributed by atoms with Crippen LogP contribution in [0.5, 0.6) is 5.75 Å². The number of aryl methyl sites for hydroxylation is 1. The third-order valence-corrected chi connectivity index (χ3v) is 3.63. The van der Waals surface area contributed by atoms with Gasteiger partial charge in [0.1, 0.15) is 11.6 Å². The molecule has 2 aromatic rings. The maximum Gasteiger partial charge on any atom is 0.142 e. The molecule has 0 fully saturated rings. The normalized spacial score (nSPS) is 10.2. The van der Waals surface area contributed by atoms with Crippen molar-refractivity contribution in [3.63, 3.8) is 0 Å². The van der Waals surface area contributed by atoms with Gasteiger partial charge in [0, 0.05) is 11.5 Å². The van der Waals surface area contributed by atoms with Crippen LogP contribution in [0, 0.1) is 6.92 Å². The fourth-order valence-electron chi connectivity index (χ4n) is 1.75. The highest BCUT2D eigenvalue weighted by Crippen LogP contribution is 2.31. The van der Waals surface area contributed by atoms with Crippen LogP contribution in [0.25, 0.3) is 0 Å². The van der Waals surface area contributed by atoms with Crippen LogP contribution in [-0.2, 0) is 0 Å². The minimum absolute atomic E-state index is 0.836. The zero-order chi connectivity index (χ0) is 13.1. The van der Waals surface area contributed by atoms with Crippen molar-refractivity contribution >= 4 is 27.4 Å². The van der Waals surface area contributed by atoms with Crippen LogP contribution in [0.4, 0.5) is 11.5 Å². The van der Waals surface area contributed by atoms with E-state index in [0.717, 1.165) is 27.4 Å². The molecule has 1 aromatic heterocycles. The standard InChI is InChI=1S/C14H15BrN2O/c1-10-11(15)8-9-14(16-10)17(2)12-6-4-5-7-13(12)18-3/h4-9H,1-3H3. The number of hydrogen-bond donors (Lipinski definition) is 0. The topological polar surface area (TPSA) is 25.4 Å². The van der Waals surface area contributed by atoms with Crippen molar-refractivity contribution in [2.45, 2.75) is 6.92 Å². The minimum atomic E-state index is 0.836. The Balaban J connectivity index is 2.41. The van der Waals surface area contributed by atoms with Gasteiger partial charge in [-0.05, 0) is 47.1 Å². The predicted molar refractivity (Wildman–Crippen MR) is 77.7 cm³/mol. The van der Waals surface area contributed by atoms with Gasteiger partial charge < -0.3 is 9.64 Å². The number of anilines is 2. The van der Waals surface area contributed by atoms with Gasteiger partial charge in [-0.3, -0.25) is 0 Å². The first-order valence-corrected chi connectivity index (χ1v) is 6.42. The number of methoxy groups -OCH3 is 1. The highest BCUT2D eigenvalue weighted by atomic mass is 79.9. The number of para-hydroxylation sites is 2. The largest absolute Gasteiger partial charge is 0.495 e. The summed E-state index contributed by atoms with van der Waals surface area (Å²) in [6, 6.07) is 11.9. The van der Waals surface area contributed by atoms with Gasteiger partial charge in [-0.15, -0.1) is 0 Å². The molecular weight excluding hydrogens is 292 g/mol. The van der Waals surface area contributed by atoms with Gasteiger partial charge in [0.2, 0.25) is 0 Å². The Labute approximate surface area is 116 Å². The predicted octanol–water partition coefficient (Wildman–Crippen LogP) is 3.93. The lowest BCUT2D eigenvalue weighted by atomic mass is 10.2. The number of halogens is 1. The van der Waals surface area contributed by atoms with Crippen molar-refractivity contribution < 1.29 is 4.74 Å². The van der Waals surface area contributed by atoms with Crippen LogP contribution in [0.2, 0.25) is 0 Å². The maximum atomic E-state index is 5.36. The third kappa shape index (κ3) is 2.48. The van der Waals surface area contributed by atoms with Crippen molar-refractivity contribution in [1.82, 2.24) is 4.98 Å². The van der Waals surface area contributed by atoms with Gasteiger partial charge in [-0.1, -0.05) is 12.1 Å². The molecule has 0 radical (unpaired) electrons. The molecule has 0 aliphatic carbocycles.